The minimum Gasteiger partial charge on any atom is -0.497 e. The van der Waals surface area contributed by atoms with E-state index in [1.165, 1.54) is 12.1 Å². The molecule has 1 aliphatic heterocycles. The molecule has 0 unspecified atom stereocenters. The summed E-state index contributed by atoms with van der Waals surface area (Å²) in [6.07, 6.45) is 1.49. The van der Waals surface area contributed by atoms with Gasteiger partial charge in [-0.1, -0.05) is 12.1 Å². The molecule has 0 aromatic heterocycles. The molecule has 0 bridgehead atoms. The van der Waals surface area contributed by atoms with Crippen molar-refractivity contribution in [1.82, 2.24) is 5.32 Å². The van der Waals surface area contributed by atoms with Crippen molar-refractivity contribution in [3.8, 4) is 5.75 Å². The third kappa shape index (κ3) is 3.86. The van der Waals surface area contributed by atoms with Crippen LogP contribution in [0.4, 0.5) is 11.4 Å². The SMILES string of the molecule is COc1ccc(N=C2NC(=O)/C(=C/c3ccccc3[N+](=O)[O-])S2)cc1. The number of carbonyl (C=O) groups is 1. The Hall–Kier alpha value is -3.13. The largest absolute Gasteiger partial charge is 0.497 e. The number of rotatable bonds is 4. The van der Waals surface area contributed by atoms with Crippen LogP contribution in [0.5, 0.6) is 5.75 Å². The van der Waals surface area contributed by atoms with Crippen LogP contribution in [0.25, 0.3) is 6.08 Å². The molecule has 3 rings (SSSR count). The van der Waals surface area contributed by atoms with E-state index >= 15 is 0 Å². The molecule has 1 N–H and O–H groups in total. The van der Waals surface area contributed by atoms with Gasteiger partial charge < -0.3 is 10.1 Å². The van der Waals surface area contributed by atoms with Crippen molar-refractivity contribution in [1.29, 1.82) is 0 Å². The van der Waals surface area contributed by atoms with E-state index in [0.717, 1.165) is 11.8 Å². The van der Waals surface area contributed by atoms with Gasteiger partial charge in [-0.25, -0.2) is 4.99 Å². The molecule has 0 radical (unpaired) electrons. The molecule has 1 saturated heterocycles. The van der Waals surface area contributed by atoms with Crippen LogP contribution < -0.4 is 10.1 Å². The number of thioether (sulfide) groups is 1. The molecule has 7 nitrogen and oxygen atoms in total. The first-order chi connectivity index (χ1) is 12.1. The molecular weight excluding hydrogens is 342 g/mol. The van der Waals surface area contributed by atoms with Gasteiger partial charge in [0, 0.05) is 6.07 Å². The van der Waals surface area contributed by atoms with Crippen LogP contribution in [0, 0.1) is 10.1 Å². The highest BCUT2D eigenvalue weighted by Crippen LogP contribution is 2.30. The number of benzene rings is 2. The number of carbonyl (C=O) groups excluding carboxylic acids is 1. The van der Waals surface area contributed by atoms with Crippen molar-refractivity contribution in [2.75, 3.05) is 7.11 Å². The molecule has 1 heterocycles. The Morgan fingerprint density at radius 3 is 2.60 bits per heavy atom. The number of amides is 1. The second-order valence-electron chi connectivity index (χ2n) is 5.00. The molecule has 2 aromatic rings. The van der Waals surface area contributed by atoms with E-state index in [0.29, 0.717) is 27.1 Å². The van der Waals surface area contributed by atoms with Crippen molar-refractivity contribution in [3.05, 3.63) is 69.1 Å². The van der Waals surface area contributed by atoms with Gasteiger partial charge in [0.1, 0.15) is 5.75 Å². The van der Waals surface area contributed by atoms with E-state index in [9.17, 15) is 14.9 Å². The Balaban J connectivity index is 1.85. The highest BCUT2D eigenvalue weighted by atomic mass is 32.2. The number of aliphatic imine (C=N–C) groups is 1. The van der Waals surface area contributed by atoms with E-state index in [1.807, 2.05) is 0 Å². The Kier molecular flexibility index (Phi) is 4.80. The smallest absolute Gasteiger partial charge is 0.276 e. The summed E-state index contributed by atoms with van der Waals surface area (Å²) in [5.74, 6) is 0.374. The minimum absolute atomic E-state index is 0.0519. The first-order valence-corrected chi connectivity index (χ1v) is 8.05. The number of nitrogens with one attached hydrogen (secondary N) is 1. The topological polar surface area (TPSA) is 93.8 Å². The summed E-state index contributed by atoms with van der Waals surface area (Å²) in [6.45, 7) is 0. The Morgan fingerprint density at radius 1 is 1.20 bits per heavy atom. The average molecular weight is 355 g/mol. The number of ether oxygens (including phenoxy) is 1. The van der Waals surface area contributed by atoms with Crippen LogP contribution in [0.1, 0.15) is 5.56 Å². The van der Waals surface area contributed by atoms with Crippen LogP contribution in [0.3, 0.4) is 0 Å². The summed E-state index contributed by atoms with van der Waals surface area (Å²) in [4.78, 5) is 27.4. The first kappa shape index (κ1) is 16.7. The van der Waals surface area contributed by atoms with Gasteiger partial charge in [-0.05, 0) is 48.2 Å². The van der Waals surface area contributed by atoms with E-state index in [2.05, 4.69) is 10.3 Å². The first-order valence-electron chi connectivity index (χ1n) is 7.24. The van der Waals surface area contributed by atoms with Gasteiger partial charge in [0.2, 0.25) is 0 Å². The predicted octanol–water partition coefficient (Wildman–Crippen LogP) is 3.50. The van der Waals surface area contributed by atoms with E-state index < -0.39 is 4.92 Å². The summed E-state index contributed by atoms with van der Waals surface area (Å²) < 4.78 is 5.08. The number of methoxy groups -OCH3 is 1. The van der Waals surface area contributed by atoms with Gasteiger partial charge in [-0.2, -0.15) is 0 Å². The highest BCUT2D eigenvalue weighted by molar-refractivity contribution is 8.18. The molecule has 126 valence electrons. The Morgan fingerprint density at radius 2 is 1.92 bits per heavy atom. The molecule has 1 amide bonds. The average Bonchev–Trinajstić information content (AvgIpc) is 2.95. The van der Waals surface area contributed by atoms with Gasteiger partial charge in [-0.15, -0.1) is 0 Å². The van der Waals surface area contributed by atoms with E-state index in [1.54, 1.807) is 49.6 Å². The van der Waals surface area contributed by atoms with Gasteiger partial charge in [0.05, 0.1) is 28.2 Å². The second kappa shape index (κ2) is 7.18. The van der Waals surface area contributed by atoms with Gasteiger partial charge in [0.25, 0.3) is 11.6 Å². The van der Waals surface area contributed by atoms with Crippen LogP contribution in [-0.4, -0.2) is 23.1 Å². The quantitative estimate of drug-likeness (QED) is 0.515. The summed E-state index contributed by atoms with van der Waals surface area (Å²) in [7, 11) is 1.58. The normalized spacial score (nSPS) is 16.9. The van der Waals surface area contributed by atoms with Gasteiger partial charge in [0.15, 0.2) is 5.17 Å². The summed E-state index contributed by atoms with van der Waals surface area (Å²) in [5, 5.41) is 14.1. The molecule has 0 atom stereocenters. The van der Waals surface area contributed by atoms with Crippen molar-refractivity contribution in [2.24, 2.45) is 4.99 Å². The molecular formula is C17H13N3O4S. The number of para-hydroxylation sites is 1. The van der Waals surface area contributed by atoms with E-state index in [-0.39, 0.29) is 11.6 Å². The Bertz CT molecular complexity index is 891. The maximum atomic E-state index is 12.1. The zero-order chi connectivity index (χ0) is 17.8. The maximum Gasteiger partial charge on any atom is 0.276 e. The third-order valence-electron chi connectivity index (χ3n) is 3.37. The molecule has 8 heteroatoms. The molecule has 1 fully saturated rings. The molecule has 0 aliphatic carbocycles. The lowest BCUT2D eigenvalue weighted by molar-refractivity contribution is -0.385. The molecule has 2 aromatic carbocycles. The monoisotopic (exact) mass is 355 g/mol. The highest BCUT2D eigenvalue weighted by Gasteiger charge is 2.25. The fourth-order valence-corrected chi connectivity index (χ4v) is 3.00. The molecule has 0 spiro atoms. The van der Waals surface area contributed by atoms with Crippen molar-refractivity contribution >= 4 is 40.3 Å². The van der Waals surface area contributed by atoms with Crippen LogP contribution in [0.2, 0.25) is 0 Å². The van der Waals surface area contributed by atoms with Gasteiger partial charge in [-0.3, -0.25) is 14.9 Å². The maximum absolute atomic E-state index is 12.1. The van der Waals surface area contributed by atoms with Gasteiger partial charge >= 0.3 is 0 Å². The second-order valence-corrected chi connectivity index (χ2v) is 6.03. The number of amidine groups is 1. The van der Waals surface area contributed by atoms with Crippen LogP contribution in [0.15, 0.2) is 58.4 Å². The summed E-state index contributed by atoms with van der Waals surface area (Å²) in [6, 6.07) is 13.3. The van der Waals surface area contributed by atoms with Crippen molar-refractivity contribution in [3.63, 3.8) is 0 Å². The van der Waals surface area contributed by atoms with Crippen LogP contribution >= 0.6 is 11.8 Å². The fourth-order valence-electron chi connectivity index (χ4n) is 2.17. The fraction of sp³-hybridized carbons (Fsp3) is 0.0588. The molecule has 1 aliphatic rings. The lowest BCUT2D eigenvalue weighted by Gasteiger charge is -1.99. The standard InChI is InChI=1S/C17H13N3O4S/c1-24-13-8-6-12(7-9-13)18-17-19-16(21)15(25-17)10-11-4-2-3-5-14(11)20(22)23/h2-10H,1H3,(H,18,19,21)/b15-10-. The zero-order valence-electron chi connectivity index (χ0n) is 13.1. The third-order valence-corrected chi connectivity index (χ3v) is 4.28. The number of nitro groups is 1. The number of nitro benzene ring substituents is 1. The van der Waals surface area contributed by atoms with Crippen molar-refractivity contribution < 1.29 is 14.5 Å². The molecule has 25 heavy (non-hydrogen) atoms. The van der Waals surface area contributed by atoms with E-state index in [4.69, 9.17) is 4.74 Å². The molecule has 0 saturated carbocycles. The zero-order valence-corrected chi connectivity index (χ0v) is 13.9. The van der Waals surface area contributed by atoms with Crippen molar-refractivity contribution in [2.45, 2.75) is 0 Å². The minimum atomic E-state index is -0.476. The number of nitrogens with zero attached hydrogens (tertiary/aromatic N) is 2. The van der Waals surface area contributed by atoms with Crippen LogP contribution in [-0.2, 0) is 4.79 Å². The lowest BCUT2D eigenvalue weighted by atomic mass is 10.1. The summed E-state index contributed by atoms with van der Waals surface area (Å²) in [5.41, 5.74) is 0.982. The Labute approximate surface area is 147 Å². The predicted molar refractivity (Wildman–Crippen MR) is 96.9 cm³/mol. The lowest BCUT2D eigenvalue weighted by Crippen LogP contribution is -2.19. The number of hydrogen-bond donors (Lipinski definition) is 1. The number of hydrogen-bond acceptors (Lipinski definition) is 6. The summed E-state index contributed by atoms with van der Waals surface area (Å²) >= 11 is 1.14.